The summed E-state index contributed by atoms with van der Waals surface area (Å²) < 4.78 is 46.7. The van der Waals surface area contributed by atoms with Crippen LogP contribution in [0.5, 0.6) is 11.5 Å². The summed E-state index contributed by atoms with van der Waals surface area (Å²) in [6, 6.07) is 15.3. The fourth-order valence-electron chi connectivity index (χ4n) is 3.22. The van der Waals surface area contributed by atoms with E-state index < -0.39 is 17.5 Å². The van der Waals surface area contributed by atoms with Gasteiger partial charge in [-0.1, -0.05) is 49.7 Å². The fourth-order valence-corrected chi connectivity index (χ4v) is 3.40. The van der Waals surface area contributed by atoms with Crippen LogP contribution in [0, 0.1) is 17.5 Å². The summed E-state index contributed by atoms with van der Waals surface area (Å²) in [7, 11) is 0. The van der Waals surface area contributed by atoms with Gasteiger partial charge in [0, 0.05) is 0 Å². The SMILES string of the molecule is CC(C)(CCCc1ccc(F)c(Oc2ccccc2F)c1)c1ccc(F)c(Cl)c1. The Morgan fingerprint density at radius 2 is 1.52 bits per heavy atom. The van der Waals surface area contributed by atoms with Crippen molar-refractivity contribution in [3.8, 4) is 11.5 Å². The second kappa shape index (κ2) is 8.91. The molecular formula is C24H22ClF3O. The average Bonchev–Trinajstić information content (AvgIpc) is 2.68. The number of benzene rings is 3. The van der Waals surface area contributed by atoms with E-state index in [1.165, 1.54) is 24.3 Å². The zero-order valence-corrected chi connectivity index (χ0v) is 17.1. The van der Waals surface area contributed by atoms with Crippen molar-refractivity contribution in [1.29, 1.82) is 0 Å². The van der Waals surface area contributed by atoms with Crippen LogP contribution in [-0.2, 0) is 11.8 Å². The van der Waals surface area contributed by atoms with Gasteiger partial charge < -0.3 is 4.74 Å². The van der Waals surface area contributed by atoms with E-state index in [4.69, 9.17) is 16.3 Å². The van der Waals surface area contributed by atoms with Crippen LogP contribution in [0.4, 0.5) is 13.2 Å². The van der Waals surface area contributed by atoms with E-state index >= 15 is 0 Å². The summed E-state index contributed by atoms with van der Waals surface area (Å²) in [5.74, 6) is -1.54. The van der Waals surface area contributed by atoms with Gasteiger partial charge in [-0.3, -0.25) is 0 Å². The zero-order chi connectivity index (χ0) is 21.0. The van der Waals surface area contributed by atoms with Crippen molar-refractivity contribution in [1.82, 2.24) is 0 Å². The number of aryl methyl sites for hydroxylation is 1. The van der Waals surface area contributed by atoms with Gasteiger partial charge in [0.15, 0.2) is 23.1 Å². The minimum atomic E-state index is -0.544. The highest BCUT2D eigenvalue weighted by Crippen LogP contribution is 2.32. The lowest BCUT2D eigenvalue weighted by atomic mass is 9.80. The van der Waals surface area contributed by atoms with E-state index in [2.05, 4.69) is 13.8 Å². The maximum absolute atomic E-state index is 14.1. The van der Waals surface area contributed by atoms with Crippen LogP contribution >= 0.6 is 11.6 Å². The van der Waals surface area contributed by atoms with Crippen molar-refractivity contribution in [3.63, 3.8) is 0 Å². The maximum Gasteiger partial charge on any atom is 0.165 e. The van der Waals surface area contributed by atoms with Gasteiger partial charge in [0.25, 0.3) is 0 Å². The molecule has 0 atom stereocenters. The number of halogens is 4. The molecule has 0 fully saturated rings. The Bertz CT molecular complexity index is 1000. The third-order valence-electron chi connectivity index (χ3n) is 5.02. The van der Waals surface area contributed by atoms with Crippen LogP contribution in [0.2, 0.25) is 5.02 Å². The summed E-state index contributed by atoms with van der Waals surface area (Å²) in [6.45, 7) is 4.15. The molecule has 0 aliphatic carbocycles. The predicted molar refractivity (Wildman–Crippen MR) is 110 cm³/mol. The molecule has 0 unspecified atom stereocenters. The first-order chi connectivity index (χ1) is 13.8. The first-order valence-electron chi connectivity index (χ1n) is 9.42. The van der Waals surface area contributed by atoms with Crippen molar-refractivity contribution in [3.05, 3.63) is 94.3 Å². The molecule has 0 saturated carbocycles. The molecule has 3 aromatic rings. The quantitative estimate of drug-likeness (QED) is 0.379. The Labute approximate surface area is 174 Å². The summed E-state index contributed by atoms with van der Waals surface area (Å²) >= 11 is 5.91. The predicted octanol–water partition coefficient (Wildman–Crippen LogP) is 7.85. The highest BCUT2D eigenvalue weighted by atomic mass is 35.5. The number of hydrogen-bond donors (Lipinski definition) is 0. The molecule has 3 rings (SSSR count). The summed E-state index contributed by atoms with van der Waals surface area (Å²) in [4.78, 5) is 0. The van der Waals surface area contributed by atoms with Crippen molar-refractivity contribution in [2.45, 2.75) is 38.5 Å². The van der Waals surface area contributed by atoms with E-state index in [0.29, 0.717) is 6.42 Å². The van der Waals surface area contributed by atoms with Gasteiger partial charge in [0.2, 0.25) is 0 Å². The van der Waals surface area contributed by atoms with Gasteiger partial charge in [-0.05, 0) is 72.2 Å². The van der Waals surface area contributed by atoms with Gasteiger partial charge in [0.1, 0.15) is 5.82 Å². The molecule has 0 aromatic heterocycles. The Kier molecular flexibility index (Phi) is 6.53. The molecular weight excluding hydrogens is 397 g/mol. The van der Waals surface area contributed by atoms with Crippen LogP contribution in [0.15, 0.2) is 60.7 Å². The lowest BCUT2D eigenvalue weighted by Crippen LogP contribution is -2.17. The monoisotopic (exact) mass is 418 g/mol. The van der Waals surface area contributed by atoms with Gasteiger partial charge >= 0.3 is 0 Å². The topological polar surface area (TPSA) is 9.23 Å². The van der Waals surface area contributed by atoms with Gasteiger partial charge in [-0.25, -0.2) is 13.2 Å². The maximum atomic E-state index is 14.1. The highest BCUT2D eigenvalue weighted by Gasteiger charge is 2.21. The minimum absolute atomic E-state index is 0.00261. The second-order valence-electron chi connectivity index (χ2n) is 7.66. The molecule has 1 nitrogen and oxygen atoms in total. The fraction of sp³-hybridized carbons (Fsp3) is 0.250. The summed E-state index contributed by atoms with van der Waals surface area (Å²) in [5, 5.41) is 0.115. The van der Waals surface area contributed by atoms with Crippen LogP contribution in [0.3, 0.4) is 0 Å². The van der Waals surface area contributed by atoms with Crippen molar-refractivity contribution >= 4 is 11.6 Å². The summed E-state index contributed by atoms with van der Waals surface area (Å²) in [6.07, 6.45) is 2.36. The first kappa shape index (κ1) is 21.3. The van der Waals surface area contributed by atoms with E-state index in [1.807, 2.05) is 0 Å². The van der Waals surface area contributed by atoms with Crippen LogP contribution < -0.4 is 4.74 Å². The number of rotatable bonds is 7. The lowest BCUT2D eigenvalue weighted by molar-refractivity contribution is 0.413. The first-order valence-corrected chi connectivity index (χ1v) is 9.80. The molecule has 0 spiro atoms. The molecule has 0 aliphatic heterocycles. The van der Waals surface area contributed by atoms with Crippen LogP contribution in [0.1, 0.15) is 37.8 Å². The molecule has 0 radical (unpaired) electrons. The van der Waals surface area contributed by atoms with Crippen molar-refractivity contribution in [2.75, 3.05) is 0 Å². The van der Waals surface area contributed by atoms with Gasteiger partial charge in [0.05, 0.1) is 5.02 Å². The lowest BCUT2D eigenvalue weighted by Gasteiger charge is -2.25. The third-order valence-corrected chi connectivity index (χ3v) is 5.31. The zero-order valence-electron chi connectivity index (χ0n) is 16.3. The molecule has 5 heteroatoms. The Morgan fingerprint density at radius 1 is 0.828 bits per heavy atom. The normalized spacial score (nSPS) is 11.5. The molecule has 0 N–H and O–H groups in total. The highest BCUT2D eigenvalue weighted by molar-refractivity contribution is 6.30. The minimum Gasteiger partial charge on any atom is -0.451 e. The largest absolute Gasteiger partial charge is 0.451 e. The van der Waals surface area contributed by atoms with Crippen LogP contribution in [-0.4, -0.2) is 0 Å². The Hall–Kier alpha value is -2.46. The molecule has 0 saturated heterocycles. The van der Waals surface area contributed by atoms with Gasteiger partial charge in [-0.2, -0.15) is 0 Å². The molecule has 0 heterocycles. The third kappa shape index (κ3) is 5.33. The summed E-state index contributed by atoms with van der Waals surface area (Å²) in [5.41, 5.74) is 1.67. The molecule has 0 bridgehead atoms. The second-order valence-corrected chi connectivity index (χ2v) is 8.07. The van der Waals surface area contributed by atoms with E-state index in [9.17, 15) is 13.2 Å². The smallest absolute Gasteiger partial charge is 0.165 e. The number of para-hydroxylation sites is 1. The number of ether oxygens (including phenoxy) is 1. The van der Waals surface area contributed by atoms with E-state index in [1.54, 1.807) is 36.4 Å². The van der Waals surface area contributed by atoms with Crippen molar-refractivity contribution in [2.24, 2.45) is 0 Å². The van der Waals surface area contributed by atoms with E-state index in [-0.39, 0.29) is 21.9 Å². The standard InChI is InChI=1S/C24H22ClF3O/c1-24(2,17-10-12-19(26)18(25)15-17)13-5-6-16-9-11-21(28)23(14-16)29-22-8-4-3-7-20(22)27/h3-4,7-12,14-15H,5-6,13H2,1-2H3. The molecule has 29 heavy (non-hydrogen) atoms. The molecule has 0 amide bonds. The molecule has 152 valence electrons. The van der Waals surface area contributed by atoms with E-state index in [0.717, 1.165) is 24.0 Å². The molecule has 0 aliphatic rings. The average molecular weight is 419 g/mol. The van der Waals surface area contributed by atoms with Crippen molar-refractivity contribution < 1.29 is 17.9 Å². The Morgan fingerprint density at radius 3 is 2.24 bits per heavy atom. The number of hydrogen-bond acceptors (Lipinski definition) is 1. The Balaban J connectivity index is 1.66. The van der Waals surface area contributed by atoms with Crippen LogP contribution in [0.25, 0.3) is 0 Å². The van der Waals surface area contributed by atoms with Gasteiger partial charge in [-0.15, -0.1) is 0 Å². The molecule has 3 aromatic carbocycles.